The number of carbonyl (C=O) groups excluding carboxylic acids is 1. The summed E-state index contributed by atoms with van der Waals surface area (Å²) in [5, 5.41) is 0. The van der Waals surface area contributed by atoms with E-state index in [9.17, 15) is 4.79 Å². The fourth-order valence-corrected chi connectivity index (χ4v) is 14.2. The van der Waals surface area contributed by atoms with E-state index < -0.39 is 33.5 Å². The molecule has 0 N–H and O–H groups in total. The molecule has 0 bridgehead atoms. The lowest BCUT2D eigenvalue weighted by atomic mass is 9.98. The van der Waals surface area contributed by atoms with Crippen LogP contribution in [0.2, 0.25) is 25.7 Å². The van der Waals surface area contributed by atoms with Gasteiger partial charge in [0.2, 0.25) is 0 Å². The van der Waals surface area contributed by atoms with Gasteiger partial charge in [0.05, 0.1) is 12.2 Å². The van der Waals surface area contributed by atoms with Crippen LogP contribution in [0.15, 0.2) is 12.2 Å². The summed E-state index contributed by atoms with van der Waals surface area (Å²) in [6.45, 7) is 23.1. The Morgan fingerprint density at radius 3 is 2.10 bits per heavy atom. The lowest BCUT2D eigenvalue weighted by Crippen LogP contribution is -2.44. The first-order valence-electron chi connectivity index (χ1n) is 10.8. The normalized spacial score (nSPS) is 17.0. The highest BCUT2D eigenvalue weighted by Crippen LogP contribution is 2.42. The van der Waals surface area contributed by atoms with Gasteiger partial charge >= 0.3 is 8.56 Å². The molecule has 0 aliphatic rings. The highest BCUT2D eigenvalue weighted by molar-refractivity contribution is 8.28. The van der Waals surface area contributed by atoms with E-state index in [0.29, 0.717) is 31.1 Å². The minimum absolute atomic E-state index is 0.0613. The molecule has 180 valence electrons. The first-order valence-corrected chi connectivity index (χ1v) is 18.9. The number of carbonyl (C=O) groups is 1. The summed E-state index contributed by atoms with van der Waals surface area (Å²) >= 11 is 0. The molecule has 0 radical (unpaired) electrons. The van der Waals surface area contributed by atoms with Crippen LogP contribution in [0, 0.1) is 5.92 Å². The zero-order chi connectivity index (χ0) is 24.0. The molecule has 2 atom stereocenters. The van der Waals surface area contributed by atoms with E-state index in [2.05, 4.69) is 65.8 Å². The Hall–Kier alpha value is 0.0338. The van der Waals surface area contributed by atoms with Crippen LogP contribution in [0.1, 0.15) is 48.0 Å². The molecule has 0 amide bonds. The Morgan fingerprint density at radius 2 is 1.67 bits per heavy atom. The van der Waals surface area contributed by atoms with Gasteiger partial charge in [-0.1, -0.05) is 13.5 Å². The van der Waals surface area contributed by atoms with Gasteiger partial charge < -0.3 is 17.5 Å². The summed E-state index contributed by atoms with van der Waals surface area (Å²) in [6, 6.07) is 0.926. The van der Waals surface area contributed by atoms with Crippen LogP contribution >= 0.6 is 10.3 Å². The third-order valence-electron chi connectivity index (χ3n) is 4.49. The van der Waals surface area contributed by atoms with Crippen molar-refractivity contribution in [1.29, 1.82) is 0 Å². The van der Waals surface area contributed by atoms with Crippen molar-refractivity contribution in [3.05, 3.63) is 12.2 Å². The summed E-state index contributed by atoms with van der Waals surface area (Å²) < 4.78 is 25.0. The summed E-state index contributed by atoms with van der Waals surface area (Å²) in [5.74, 6) is 0.284. The molecule has 0 aliphatic carbocycles. The molecule has 0 heterocycles. The van der Waals surface area contributed by atoms with Gasteiger partial charge in [-0.3, -0.25) is 4.79 Å². The van der Waals surface area contributed by atoms with Crippen LogP contribution in [0.4, 0.5) is 0 Å². The van der Waals surface area contributed by atoms with Crippen LogP contribution in [0.25, 0.3) is 0 Å². The Labute approximate surface area is 190 Å². The first-order chi connectivity index (χ1) is 13.3. The van der Waals surface area contributed by atoms with Crippen molar-refractivity contribution < 1.29 is 22.3 Å². The molecular formula is C22H48O5SSi2. The molecule has 0 fully saturated rings. The van der Waals surface area contributed by atoms with Crippen LogP contribution < -0.4 is 0 Å². The van der Waals surface area contributed by atoms with Crippen molar-refractivity contribution in [3.8, 4) is 0 Å². The van der Waals surface area contributed by atoms with Gasteiger partial charge in [-0.05, 0) is 97.0 Å². The highest BCUT2D eigenvalue weighted by atomic mass is 32.3. The largest absolute Gasteiger partial charge is 0.438 e. The molecule has 30 heavy (non-hydrogen) atoms. The topological polar surface area (TPSA) is 54.0 Å². The smallest absolute Gasteiger partial charge is 0.335 e. The number of hydrogen-bond donors (Lipinski definition) is 0. The number of ketones is 1. The Balaban J connectivity index is 4.72. The molecule has 0 saturated heterocycles. The molecular weight excluding hydrogens is 432 g/mol. The second-order valence-electron chi connectivity index (χ2n) is 10.7. The second-order valence-corrected chi connectivity index (χ2v) is 20.5. The van der Waals surface area contributed by atoms with Gasteiger partial charge in [0.1, 0.15) is 5.60 Å². The fraction of sp³-hybridized carbons (Fsp3) is 0.864. The van der Waals surface area contributed by atoms with Crippen LogP contribution in [0.5, 0.6) is 0 Å². The van der Waals surface area contributed by atoms with Gasteiger partial charge in [0, 0.05) is 6.61 Å². The molecule has 0 aromatic heterocycles. The Bertz CT molecular complexity index is 572. The Kier molecular flexibility index (Phi) is 11.8. The number of rotatable bonds is 15. The number of Topliss-reactive ketones (excluding diaryl/α,β-unsaturated/α-hetero) is 1. The minimum atomic E-state index is -2.23. The predicted molar refractivity (Wildman–Crippen MR) is 136 cm³/mol. The molecule has 0 rings (SSSR count). The van der Waals surface area contributed by atoms with Crippen molar-refractivity contribution in [2.75, 3.05) is 32.0 Å². The lowest BCUT2D eigenvalue weighted by Gasteiger charge is -2.40. The van der Waals surface area contributed by atoms with Crippen molar-refractivity contribution in [3.63, 3.8) is 0 Å². The predicted octanol–water partition coefficient (Wildman–Crippen LogP) is 5.45. The zero-order valence-corrected chi connectivity index (χ0v) is 24.6. The van der Waals surface area contributed by atoms with Crippen molar-refractivity contribution >= 4 is 33.7 Å². The van der Waals surface area contributed by atoms with E-state index in [0.717, 1.165) is 6.04 Å². The van der Waals surface area contributed by atoms with E-state index in [4.69, 9.17) is 17.5 Å². The first kappa shape index (κ1) is 30.0. The van der Waals surface area contributed by atoms with Crippen molar-refractivity contribution in [2.24, 2.45) is 5.92 Å². The van der Waals surface area contributed by atoms with E-state index in [-0.39, 0.29) is 11.4 Å². The molecule has 5 nitrogen and oxygen atoms in total. The SMILES string of the molecule is C=C(C)C(=O)C(C)(C)OCCC(C)(C)OCC(C)C[Si](C)(O[SiH](C)C)OS(C)(C)C. The maximum absolute atomic E-state index is 12.2. The van der Waals surface area contributed by atoms with Crippen molar-refractivity contribution in [1.82, 2.24) is 0 Å². The van der Waals surface area contributed by atoms with Gasteiger partial charge in [-0.25, -0.2) is 0 Å². The van der Waals surface area contributed by atoms with Gasteiger partial charge in [-0.15, -0.1) is 0 Å². The summed E-state index contributed by atoms with van der Waals surface area (Å²) in [5.41, 5.74) is -0.673. The molecule has 8 heteroatoms. The molecule has 0 spiro atoms. The summed E-state index contributed by atoms with van der Waals surface area (Å²) in [4.78, 5) is 12.2. The highest BCUT2D eigenvalue weighted by Gasteiger charge is 2.38. The maximum Gasteiger partial charge on any atom is 0.335 e. The van der Waals surface area contributed by atoms with Crippen LogP contribution in [-0.4, -0.2) is 66.6 Å². The third kappa shape index (κ3) is 12.8. The van der Waals surface area contributed by atoms with E-state index in [1.807, 2.05) is 0 Å². The maximum atomic E-state index is 12.2. The third-order valence-corrected chi connectivity index (χ3v) is 13.2. The van der Waals surface area contributed by atoms with E-state index in [1.54, 1.807) is 20.8 Å². The Morgan fingerprint density at radius 1 is 1.13 bits per heavy atom. The van der Waals surface area contributed by atoms with E-state index in [1.165, 1.54) is 0 Å². The fourth-order valence-electron chi connectivity index (χ4n) is 3.39. The molecule has 0 saturated carbocycles. The monoisotopic (exact) mass is 480 g/mol. The molecule has 0 aromatic carbocycles. The minimum Gasteiger partial charge on any atom is -0.438 e. The molecule has 0 aromatic rings. The van der Waals surface area contributed by atoms with Crippen LogP contribution in [0.3, 0.4) is 0 Å². The standard InChI is InChI=1S/C22H48O5SSi2/c1-18(2)20(23)22(6,7)24-15-14-21(4,5)25-16-19(3)17-30(13,27-29(11)12)26-28(8,9)10/h19,29H,1,14-17H2,2-13H3. The number of hydrogen-bond acceptors (Lipinski definition) is 5. The summed E-state index contributed by atoms with van der Waals surface area (Å²) in [6.07, 6.45) is 7.23. The van der Waals surface area contributed by atoms with Crippen molar-refractivity contribution in [2.45, 2.75) is 84.9 Å². The summed E-state index contributed by atoms with van der Waals surface area (Å²) in [7, 11) is -4.51. The van der Waals surface area contributed by atoms with Gasteiger partial charge in [0.25, 0.3) is 0 Å². The average molecular weight is 481 g/mol. The van der Waals surface area contributed by atoms with Gasteiger partial charge in [0.15, 0.2) is 14.8 Å². The lowest BCUT2D eigenvalue weighted by molar-refractivity contribution is -0.139. The van der Waals surface area contributed by atoms with Crippen LogP contribution in [-0.2, 0) is 22.3 Å². The number of ether oxygens (including phenoxy) is 2. The quantitative estimate of drug-likeness (QED) is 0.230. The van der Waals surface area contributed by atoms with Gasteiger partial charge in [-0.2, -0.15) is 10.3 Å². The second kappa shape index (κ2) is 11.8. The molecule has 2 unspecified atom stereocenters. The zero-order valence-electron chi connectivity index (χ0n) is 21.6. The average Bonchev–Trinajstić information content (AvgIpc) is 2.48. The molecule has 0 aliphatic heterocycles. The van der Waals surface area contributed by atoms with E-state index >= 15 is 0 Å².